The third-order valence-electron chi connectivity index (χ3n) is 6.07. The van der Waals surface area contributed by atoms with E-state index in [9.17, 15) is 19.2 Å². The van der Waals surface area contributed by atoms with E-state index >= 15 is 0 Å². The van der Waals surface area contributed by atoms with E-state index in [-0.39, 0.29) is 28.5 Å². The molecule has 0 saturated carbocycles. The zero-order chi connectivity index (χ0) is 25.4. The fraction of sp³-hybridized carbons (Fsp3) is 0.385. The van der Waals surface area contributed by atoms with Crippen LogP contribution in [0.2, 0.25) is 0 Å². The van der Waals surface area contributed by atoms with Gasteiger partial charge in [0.25, 0.3) is 0 Å². The predicted molar refractivity (Wildman–Crippen MR) is 130 cm³/mol. The molecule has 1 fully saturated rings. The number of thioether (sulfide) groups is 1. The number of ketones is 1. The van der Waals surface area contributed by atoms with Gasteiger partial charge >= 0.3 is 11.9 Å². The molecule has 8 heteroatoms. The number of carbonyl (C=O) groups is 4. The summed E-state index contributed by atoms with van der Waals surface area (Å²) in [7, 11) is 0. The first-order valence-corrected chi connectivity index (χ1v) is 11.8. The normalized spacial score (nSPS) is 21.3. The quantitative estimate of drug-likeness (QED) is 0.322. The second kappa shape index (κ2) is 9.25. The molecule has 2 atom stereocenters. The lowest BCUT2D eigenvalue weighted by molar-refractivity contribution is -0.162. The van der Waals surface area contributed by atoms with Gasteiger partial charge in [-0.1, -0.05) is 44.7 Å². The smallest absolute Gasteiger partial charge is 0.339 e. The van der Waals surface area contributed by atoms with Gasteiger partial charge in [-0.15, -0.1) is 13.2 Å². The van der Waals surface area contributed by atoms with Crippen LogP contribution in [-0.4, -0.2) is 44.4 Å². The maximum Gasteiger partial charge on any atom is 0.339 e. The van der Waals surface area contributed by atoms with Crippen LogP contribution in [0.5, 0.6) is 0 Å². The molecule has 0 aromatic heterocycles. The minimum atomic E-state index is -1.10. The van der Waals surface area contributed by atoms with Gasteiger partial charge in [0.1, 0.15) is 5.37 Å². The van der Waals surface area contributed by atoms with Gasteiger partial charge in [0, 0.05) is 11.0 Å². The number of β-lactam (4-membered cyclic amide) rings is 1. The Kier molecular flexibility index (Phi) is 6.94. The Morgan fingerprint density at radius 3 is 2.12 bits per heavy atom. The Hall–Kier alpha value is -3.13. The fourth-order valence-corrected chi connectivity index (χ4v) is 5.78. The van der Waals surface area contributed by atoms with Gasteiger partial charge in [-0.25, -0.2) is 9.59 Å². The Labute approximate surface area is 203 Å². The summed E-state index contributed by atoms with van der Waals surface area (Å²) in [5, 5.41) is 8.65. The molecule has 180 valence electrons. The van der Waals surface area contributed by atoms with Crippen LogP contribution < -0.4 is 0 Å². The lowest BCUT2D eigenvalue weighted by Crippen LogP contribution is -2.69. The van der Waals surface area contributed by atoms with Crippen molar-refractivity contribution >= 4 is 35.4 Å². The Balaban J connectivity index is 2.01. The molecular formula is C26H29NO6S. The second-order valence-electron chi connectivity index (χ2n) is 9.54. The molecule has 1 aromatic rings. The van der Waals surface area contributed by atoms with E-state index in [4.69, 9.17) is 9.84 Å². The summed E-state index contributed by atoms with van der Waals surface area (Å²) in [6.07, 6.45) is 4.17. The highest BCUT2D eigenvalue weighted by Gasteiger charge is 2.64. The number of hydrogen-bond acceptors (Lipinski definition) is 6. The molecular weight excluding hydrogens is 454 g/mol. The minimum Gasteiger partial charge on any atom is -0.478 e. The van der Waals surface area contributed by atoms with Crippen molar-refractivity contribution in [2.75, 3.05) is 0 Å². The lowest BCUT2D eigenvalue weighted by atomic mass is 9.71. The van der Waals surface area contributed by atoms with Gasteiger partial charge < -0.3 is 9.84 Å². The summed E-state index contributed by atoms with van der Waals surface area (Å²) in [5.74, 6) is -2.11. The number of carboxylic acids is 1. The summed E-state index contributed by atoms with van der Waals surface area (Å²) < 4.78 is 5.80. The third kappa shape index (κ3) is 4.22. The van der Waals surface area contributed by atoms with Gasteiger partial charge in [0.05, 0.1) is 22.2 Å². The van der Waals surface area contributed by atoms with Crippen molar-refractivity contribution in [3.05, 3.63) is 72.0 Å². The number of aromatic carboxylic acids is 1. The molecule has 1 amide bonds. The van der Waals surface area contributed by atoms with E-state index in [0.717, 1.165) is 0 Å². The number of ether oxygens (including phenoxy) is 1. The minimum absolute atomic E-state index is 0.0555. The largest absolute Gasteiger partial charge is 0.478 e. The first-order valence-electron chi connectivity index (χ1n) is 10.9. The number of amides is 1. The molecule has 2 aliphatic heterocycles. The fourth-order valence-electron chi connectivity index (χ4n) is 4.21. The number of fused-ring (bicyclic) bond motifs is 1. The summed E-state index contributed by atoms with van der Waals surface area (Å²) in [6, 6.07) is 5.43. The van der Waals surface area contributed by atoms with Crippen LogP contribution in [0.1, 0.15) is 61.3 Å². The monoisotopic (exact) mass is 483 g/mol. The average Bonchev–Trinajstić information content (AvgIpc) is 2.78. The zero-order valence-electron chi connectivity index (χ0n) is 19.8. The second-order valence-corrected chi connectivity index (χ2v) is 10.7. The zero-order valence-corrected chi connectivity index (χ0v) is 20.6. The van der Waals surface area contributed by atoms with Gasteiger partial charge in [0.2, 0.25) is 5.91 Å². The van der Waals surface area contributed by atoms with E-state index in [0.29, 0.717) is 18.4 Å². The summed E-state index contributed by atoms with van der Waals surface area (Å²) >= 11 is 1.31. The summed E-state index contributed by atoms with van der Waals surface area (Å²) in [4.78, 5) is 52.3. The molecule has 1 N–H and O–H groups in total. The van der Waals surface area contributed by atoms with E-state index in [1.807, 2.05) is 0 Å². The Bertz CT molecular complexity index is 1090. The maximum absolute atomic E-state index is 13.4. The van der Waals surface area contributed by atoms with Gasteiger partial charge in [-0.2, -0.15) is 0 Å². The van der Waals surface area contributed by atoms with E-state index in [1.54, 1.807) is 39.8 Å². The van der Waals surface area contributed by atoms with Crippen molar-refractivity contribution in [3.63, 3.8) is 0 Å². The molecule has 2 aliphatic rings. The number of carbonyl (C=O) groups excluding carboxylic acids is 3. The lowest BCUT2D eigenvalue weighted by Gasteiger charge is -2.59. The molecule has 3 rings (SSSR count). The third-order valence-corrected chi connectivity index (χ3v) is 7.68. The van der Waals surface area contributed by atoms with Gasteiger partial charge in [-0.3, -0.25) is 14.5 Å². The number of carboxylic acid groups (broad SMARTS) is 1. The molecule has 2 heterocycles. The summed E-state index contributed by atoms with van der Waals surface area (Å²) in [6.45, 7) is 14.6. The molecule has 0 aliphatic carbocycles. The highest BCUT2D eigenvalue weighted by molar-refractivity contribution is 8.00. The van der Waals surface area contributed by atoms with Crippen LogP contribution in [0.15, 0.2) is 60.8 Å². The van der Waals surface area contributed by atoms with Crippen molar-refractivity contribution in [1.82, 2.24) is 4.90 Å². The number of nitrogens with zero attached hydrogens (tertiary/aromatic N) is 1. The number of allylic oxidation sites excluding steroid dienone is 3. The predicted octanol–water partition coefficient (Wildman–Crippen LogP) is 4.81. The highest BCUT2D eigenvalue weighted by Crippen LogP contribution is 2.57. The molecule has 0 bridgehead atoms. The van der Waals surface area contributed by atoms with Crippen LogP contribution in [0.25, 0.3) is 0 Å². The summed E-state index contributed by atoms with van der Waals surface area (Å²) in [5.41, 5.74) is -1.35. The Morgan fingerprint density at radius 1 is 1.12 bits per heavy atom. The van der Waals surface area contributed by atoms with Crippen LogP contribution >= 0.6 is 11.8 Å². The number of Topliss-reactive ketones (excluding diaryl/α,β-unsaturated/α-hetero) is 1. The van der Waals surface area contributed by atoms with Crippen molar-refractivity contribution < 1.29 is 29.0 Å². The van der Waals surface area contributed by atoms with Crippen molar-refractivity contribution in [2.24, 2.45) is 10.8 Å². The molecule has 0 spiro atoms. The van der Waals surface area contributed by atoms with Gasteiger partial charge in [0.15, 0.2) is 11.2 Å². The number of benzene rings is 1. The number of hydrogen-bond donors (Lipinski definition) is 1. The SMILES string of the molecule is C=CCC1(CC=C)C(=O)N2C(C(=O)C(C)(C)C)=C(C)C(OC(=O)c3ccc(C(=O)O)cc3)S[C@@H]21. The Morgan fingerprint density at radius 2 is 1.65 bits per heavy atom. The van der Waals surface area contributed by atoms with Crippen LogP contribution in [-0.2, 0) is 14.3 Å². The first kappa shape index (κ1) is 25.5. The topological polar surface area (TPSA) is 101 Å². The van der Waals surface area contributed by atoms with E-state index in [2.05, 4.69) is 13.2 Å². The molecule has 1 aromatic carbocycles. The number of esters is 1. The highest BCUT2D eigenvalue weighted by atomic mass is 32.2. The van der Waals surface area contributed by atoms with Crippen LogP contribution in [0, 0.1) is 10.8 Å². The van der Waals surface area contributed by atoms with E-state index < -0.39 is 33.6 Å². The molecule has 34 heavy (non-hydrogen) atoms. The van der Waals surface area contributed by atoms with Crippen LogP contribution in [0.4, 0.5) is 0 Å². The first-order chi connectivity index (χ1) is 15.9. The van der Waals surface area contributed by atoms with Gasteiger partial charge in [-0.05, 0) is 44.0 Å². The molecule has 0 radical (unpaired) electrons. The van der Waals surface area contributed by atoms with Crippen molar-refractivity contribution in [3.8, 4) is 0 Å². The maximum atomic E-state index is 13.4. The number of rotatable bonds is 8. The van der Waals surface area contributed by atoms with Crippen molar-refractivity contribution in [2.45, 2.75) is 51.3 Å². The molecule has 1 saturated heterocycles. The van der Waals surface area contributed by atoms with Crippen LogP contribution in [0.3, 0.4) is 0 Å². The molecule has 1 unspecified atom stereocenters. The van der Waals surface area contributed by atoms with E-state index in [1.165, 1.54) is 40.9 Å². The van der Waals surface area contributed by atoms with Crippen molar-refractivity contribution in [1.29, 1.82) is 0 Å². The average molecular weight is 484 g/mol. The standard InChI is InChI=1S/C26H29NO6S/c1-7-13-26(14-8-2)23(32)27-18(19(28)25(4,5)6)15(3)22(34-24(26)27)33-21(31)17-11-9-16(10-12-17)20(29)30/h7-12,22,24H,1-2,13-14H2,3-6H3,(H,29,30)/t22?,24-/m1/s1. The molecule has 7 nitrogen and oxygen atoms in total.